The van der Waals surface area contributed by atoms with Gasteiger partial charge in [0.2, 0.25) is 0 Å². The maximum atomic E-state index is 4.10. The summed E-state index contributed by atoms with van der Waals surface area (Å²) in [7, 11) is 0. The molecule has 17 heavy (non-hydrogen) atoms. The summed E-state index contributed by atoms with van der Waals surface area (Å²) in [6.07, 6.45) is 10.8. The predicted octanol–water partition coefficient (Wildman–Crippen LogP) is 6.36. The molecular weight excluding hydrogens is 426 g/mol. The van der Waals surface area contributed by atoms with Gasteiger partial charge >= 0.3 is 128 Å². The van der Waals surface area contributed by atoms with Crippen LogP contribution >= 0.6 is 22.6 Å². The van der Waals surface area contributed by atoms with Gasteiger partial charge in [-0.25, -0.2) is 0 Å². The zero-order chi connectivity index (χ0) is 13.1. The van der Waals surface area contributed by atoms with E-state index in [1.165, 1.54) is 38.5 Å². The summed E-state index contributed by atoms with van der Waals surface area (Å²) in [5.74, 6) is 0. The summed E-state index contributed by atoms with van der Waals surface area (Å²) in [5.41, 5.74) is 0. The fourth-order valence-corrected chi connectivity index (χ4v) is 23.9. The van der Waals surface area contributed by atoms with Crippen molar-refractivity contribution in [1.29, 1.82) is 0 Å². The van der Waals surface area contributed by atoms with Gasteiger partial charge in [-0.3, -0.25) is 0 Å². The molecule has 0 nitrogen and oxygen atoms in total. The molecule has 0 fully saturated rings. The number of allylic oxidation sites excluding steroid dienone is 1. The normalized spacial score (nSPS) is 13.6. The van der Waals surface area contributed by atoms with Gasteiger partial charge in [0.25, 0.3) is 0 Å². The predicted molar refractivity (Wildman–Crippen MR) is 92.9 cm³/mol. The van der Waals surface area contributed by atoms with Crippen molar-refractivity contribution in [3.63, 3.8) is 0 Å². The number of alkyl halides is 1. The van der Waals surface area contributed by atoms with Gasteiger partial charge < -0.3 is 0 Å². The van der Waals surface area contributed by atoms with E-state index in [2.05, 4.69) is 56.0 Å². The minimum absolute atomic E-state index is 0.853. The topological polar surface area (TPSA) is 0 Å². The first-order chi connectivity index (χ1) is 8.16. The Kier molecular flexibility index (Phi) is 12.0. The molecule has 1 atom stereocenters. The first kappa shape index (κ1) is 18.3. The Balaban J connectivity index is 4.69. The Morgan fingerprint density at radius 3 is 1.53 bits per heavy atom. The Morgan fingerprint density at radius 1 is 0.941 bits per heavy atom. The van der Waals surface area contributed by atoms with E-state index < -0.39 is 18.4 Å². The SMILES string of the molecule is C=C[CH](I)[Sn]([CH2]CCC)([CH2]CCC)[CH2]CCC. The Hall–Kier alpha value is 1.27. The van der Waals surface area contributed by atoms with E-state index in [1.54, 1.807) is 13.3 Å². The molecule has 0 spiro atoms. The fraction of sp³-hybridized carbons (Fsp3) is 0.867. The molecule has 0 radical (unpaired) electrons. The molecule has 0 aliphatic rings. The van der Waals surface area contributed by atoms with Crippen LogP contribution in [0.5, 0.6) is 0 Å². The Morgan fingerprint density at radius 2 is 1.29 bits per heavy atom. The summed E-state index contributed by atoms with van der Waals surface area (Å²) >= 11 is 0.789. The number of rotatable bonds is 11. The molecule has 0 heterocycles. The van der Waals surface area contributed by atoms with Crippen molar-refractivity contribution in [2.45, 2.75) is 74.5 Å². The average Bonchev–Trinajstić information content (AvgIpc) is 2.37. The van der Waals surface area contributed by atoms with E-state index in [-0.39, 0.29) is 0 Å². The molecule has 0 aromatic rings. The second-order valence-electron chi connectivity index (χ2n) is 5.31. The van der Waals surface area contributed by atoms with E-state index in [1.807, 2.05) is 0 Å². The molecular formula is C15H31ISn. The third kappa shape index (κ3) is 6.84. The molecule has 0 saturated heterocycles. The van der Waals surface area contributed by atoms with Crippen LogP contribution in [0.15, 0.2) is 12.7 Å². The summed E-state index contributed by atoms with van der Waals surface area (Å²) in [5, 5.41) is 0. The summed E-state index contributed by atoms with van der Waals surface area (Å²) in [6, 6.07) is 0. The van der Waals surface area contributed by atoms with Crippen molar-refractivity contribution >= 4 is 41.0 Å². The third-order valence-electron chi connectivity index (χ3n) is 3.88. The molecule has 0 aromatic carbocycles. The van der Waals surface area contributed by atoms with Crippen molar-refractivity contribution in [2.24, 2.45) is 0 Å². The molecule has 0 aliphatic heterocycles. The first-order valence-electron chi connectivity index (χ1n) is 7.43. The maximum absolute atomic E-state index is 4.10. The van der Waals surface area contributed by atoms with E-state index in [0.29, 0.717) is 0 Å². The summed E-state index contributed by atoms with van der Waals surface area (Å²) in [6.45, 7) is 11.1. The van der Waals surface area contributed by atoms with Crippen molar-refractivity contribution in [3.8, 4) is 0 Å². The number of hydrogen-bond acceptors (Lipinski definition) is 0. The van der Waals surface area contributed by atoms with Crippen LogP contribution in [0.1, 0.15) is 59.3 Å². The zero-order valence-electron chi connectivity index (χ0n) is 12.1. The molecule has 0 saturated carbocycles. The van der Waals surface area contributed by atoms with Gasteiger partial charge in [-0.05, 0) is 0 Å². The van der Waals surface area contributed by atoms with Gasteiger partial charge in [0.15, 0.2) is 0 Å². The standard InChI is InChI=1S/3C4H9.C3H4I.Sn/c3*1-3-4-2;1-2-3-4;/h3*1,3-4H2,2H3;2-3H,1H2;. The number of hydrogen-bond donors (Lipinski definition) is 0. The molecule has 0 amide bonds. The number of halogens is 1. The third-order valence-corrected chi connectivity index (χ3v) is 28.8. The minimum atomic E-state index is -1.93. The molecule has 0 aromatic heterocycles. The second-order valence-corrected chi connectivity index (χ2v) is 23.8. The molecule has 0 aliphatic carbocycles. The average molecular weight is 457 g/mol. The van der Waals surface area contributed by atoms with Gasteiger partial charge in [-0.2, -0.15) is 0 Å². The van der Waals surface area contributed by atoms with Gasteiger partial charge in [-0.1, -0.05) is 0 Å². The molecule has 1 unspecified atom stereocenters. The van der Waals surface area contributed by atoms with Crippen molar-refractivity contribution in [1.82, 2.24) is 0 Å². The Bertz CT molecular complexity index is 170. The first-order valence-corrected chi connectivity index (χ1v) is 16.4. The molecule has 102 valence electrons. The van der Waals surface area contributed by atoms with Crippen LogP contribution in [0.2, 0.25) is 13.3 Å². The molecule has 0 bridgehead atoms. The van der Waals surface area contributed by atoms with Crippen LogP contribution in [0.3, 0.4) is 0 Å². The van der Waals surface area contributed by atoms with Gasteiger partial charge in [0.1, 0.15) is 0 Å². The van der Waals surface area contributed by atoms with Crippen molar-refractivity contribution in [2.75, 3.05) is 0 Å². The van der Waals surface area contributed by atoms with Crippen molar-refractivity contribution in [3.05, 3.63) is 12.7 Å². The van der Waals surface area contributed by atoms with Crippen LogP contribution < -0.4 is 0 Å². The second kappa shape index (κ2) is 11.1. The molecule has 0 N–H and O–H groups in total. The molecule has 0 rings (SSSR count). The van der Waals surface area contributed by atoms with Gasteiger partial charge in [-0.15, -0.1) is 0 Å². The quantitative estimate of drug-likeness (QED) is 0.147. The van der Waals surface area contributed by atoms with Gasteiger partial charge in [0, 0.05) is 0 Å². The number of unbranched alkanes of at least 4 members (excludes halogenated alkanes) is 3. The van der Waals surface area contributed by atoms with Crippen LogP contribution in [0, 0.1) is 0 Å². The van der Waals surface area contributed by atoms with E-state index in [9.17, 15) is 0 Å². The van der Waals surface area contributed by atoms with E-state index in [0.717, 1.165) is 1.94 Å². The Labute approximate surface area is 127 Å². The summed E-state index contributed by atoms with van der Waals surface area (Å²) < 4.78 is 5.66. The van der Waals surface area contributed by atoms with Crippen LogP contribution in [0.4, 0.5) is 0 Å². The van der Waals surface area contributed by atoms with Gasteiger partial charge in [0.05, 0.1) is 0 Å². The van der Waals surface area contributed by atoms with Crippen molar-refractivity contribution < 1.29 is 0 Å². The molecule has 2 heteroatoms. The monoisotopic (exact) mass is 458 g/mol. The van der Waals surface area contributed by atoms with Crippen LogP contribution in [-0.4, -0.2) is 20.3 Å². The zero-order valence-corrected chi connectivity index (χ0v) is 17.1. The summed E-state index contributed by atoms with van der Waals surface area (Å²) in [4.78, 5) is 0. The van der Waals surface area contributed by atoms with E-state index >= 15 is 0 Å². The van der Waals surface area contributed by atoms with Crippen LogP contribution in [0.25, 0.3) is 0 Å². The van der Waals surface area contributed by atoms with E-state index in [4.69, 9.17) is 0 Å². The fourth-order valence-electron chi connectivity index (χ4n) is 2.63. The van der Waals surface area contributed by atoms with Crippen LogP contribution in [-0.2, 0) is 0 Å².